The van der Waals surface area contributed by atoms with E-state index in [-0.39, 0.29) is 11.6 Å². The molecule has 5 heteroatoms. The van der Waals surface area contributed by atoms with Crippen molar-refractivity contribution in [2.75, 3.05) is 12.4 Å². The van der Waals surface area contributed by atoms with E-state index >= 15 is 0 Å². The zero-order valence-electron chi connectivity index (χ0n) is 8.70. The molecule has 1 aromatic carbocycles. The summed E-state index contributed by atoms with van der Waals surface area (Å²) in [4.78, 5) is 24.8. The lowest BCUT2D eigenvalue weighted by atomic mass is 10.2. The van der Waals surface area contributed by atoms with Gasteiger partial charge in [0.2, 0.25) is 5.56 Å². The zero-order valence-corrected chi connectivity index (χ0v) is 8.70. The van der Waals surface area contributed by atoms with Crippen molar-refractivity contribution in [2.45, 2.75) is 0 Å². The minimum Gasteiger partial charge on any atom is -0.341 e. The third-order valence-electron chi connectivity index (χ3n) is 2.21. The first-order chi connectivity index (χ1) is 7.69. The number of H-pyrrole nitrogens is 1. The molecule has 0 radical (unpaired) electrons. The summed E-state index contributed by atoms with van der Waals surface area (Å²) in [5.74, 6) is 0. The molecule has 2 rings (SSSR count). The number of rotatable bonds is 1. The van der Waals surface area contributed by atoms with Crippen LogP contribution in [0.3, 0.4) is 0 Å². The Morgan fingerprint density at radius 2 is 2.06 bits per heavy atom. The maximum atomic E-state index is 11.1. The molecule has 3 N–H and O–H groups in total. The second kappa shape index (κ2) is 4.06. The van der Waals surface area contributed by atoms with E-state index in [1.165, 1.54) is 6.07 Å². The van der Waals surface area contributed by atoms with Crippen LogP contribution in [-0.4, -0.2) is 18.1 Å². The summed E-state index contributed by atoms with van der Waals surface area (Å²) in [6.07, 6.45) is 0. The number of amides is 2. The molecule has 1 aromatic heterocycles. The molecule has 0 atom stereocenters. The molecule has 0 aliphatic carbocycles. The first-order valence-corrected chi connectivity index (χ1v) is 4.81. The molecule has 0 spiro atoms. The molecule has 0 aliphatic heterocycles. The van der Waals surface area contributed by atoms with Crippen molar-refractivity contribution >= 4 is 22.6 Å². The van der Waals surface area contributed by atoms with Gasteiger partial charge >= 0.3 is 6.03 Å². The number of pyridine rings is 1. The van der Waals surface area contributed by atoms with Gasteiger partial charge in [-0.15, -0.1) is 0 Å². The topological polar surface area (TPSA) is 74.0 Å². The Bertz CT molecular complexity index is 589. The average molecular weight is 217 g/mol. The Kier molecular flexibility index (Phi) is 2.59. The fourth-order valence-electron chi connectivity index (χ4n) is 1.43. The highest BCUT2D eigenvalue weighted by Crippen LogP contribution is 2.15. The van der Waals surface area contributed by atoms with Crippen molar-refractivity contribution in [2.24, 2.45) is 0 Å². The molecule has 82 valence electrons. The number of urea groups is 1. The molecule has 0 aliphatic rings. The monoisotopic (exact) mass is 217 g/mol. The molecule has 5 nitrogen and oxygen atoms in total. The quantitative estimate of drug-likeness (QED) is 0.673. The highest BCUT2D eigenvalue weighted by molar-refractivity contribution is 5.92. The van der Waals surface area contributed by atoms with Gasteiger partial charge in [-0.1, -0.05) is 0 Å². The van der Waals surface area contributed by atoms with Crippen LogP contribution in [0.1, 0.15) is 0 Å². The third kappa shape index (κ3) is 2.03. The van der Waals surface area contributed by atoms with Crippen LogP contribution in [-0.2, 0) is 0 Å². The molecule has 0 saturated heterocycles. The molecular formula is C11H11N3O2. The van der Waals surface area contributed by atoms with Crippen molar-refractivity contribution in [3.8, 4) is 0 Å². The van der Waals surface area contributed by atoms with Gasteiger partial charge in [0.25, 0.3) is 0 Å². The maximum Gasteiger partial charge on any atom is 0.318 e. The number of carbonyl (C=O) groups is 1. The first-order valence-electron chi connectivity index (χ1n) is 4.81. The number of anilines is 1. The molecule has 1 heterocycles. The first kappa shape index (κ1) is 10.2. The molecule has 0 fully saturated rings. The number of carbonyl (C=O) groups excluding carboxylic acids is 1. The van der Waals surface area contributed by atoms with E-state index < -0.39 is 0 Å². The lowest BCUT2D eigenvalue weighted by Crippen LogP contribution is -2.24. The number of nitrogens with one attached hydrogen (secondary N) is 3. The molecule has 0 bridgehead atoms. The Morgan fingerprint density at radius 1 is 1.25 bits per heavy atom. The molecule has 16 heavy (non-hydrogen) atoms. The summed E-state index contributed by atoms with van der Waals surface area (Å²) in [5.41, 5.74) is 1.29. The Hall–Kier alpha value is -2.30. The van der Waals surface area contributed by atoms with E-state index in [1.807, 2.05) is 0 Å². The number of hydrogen-bond acceptors (Lipinski definition) is 2. The van der Waals surface area contributed by atoms with Gasteiger partial charge in [0.15, 0.2) is 0 Å². The highest BCUT2D eigenvalue weighted by Gasteiger charge is 2.00. The molecule has 0 saturated carbocycles. The standard InChI is InChI=1S/C11H11N3O2/c1-12-11(16)13-8-3-4-9-7(6-8)2-5-10(15)14-9/h2-6H,1H3,(H,14,15)(H2,12,13,16). The van der Waals surface area contributed by atoms with Crippen LogP contribution in [0.4, 0.5) is 10.5 Å². The number of aromatic nitrogens is 1. The summed E-state index contributed by atoms with van der Waals surface area (Å²) < 4.78 is 0. The van der Waals surface area contributed by atoms with Crippen LogP contribution < -0.4 is 16.2 Å². The van der Waals surface area contributed by atoms with E-state index in [2.05, 4.69) is 15.6 Å². The van der Waals surface area contributed by atoms with E-state index in [1.54, 1.807) is 31.3 Å². The smallest absolute Gasteiger partial charge is 0.318 e. The van der Waals surface area contributed by atoms with Crippen LogP contribution in [0.5, 0.6) is 0 Å². The second-order valence-electron chi connectivity index (χ2n) is 3.33. The average Bonchev–Trinajstić information content (AvgIpc) is 2.29. The van der Waals surface area contributed by atoms with Gasteiger partial charge in [-0.25, -0.2) is 4.79 Å². The van der Waals surface area contributed by atoms with Crippen molar-refractivity contribution in [3.63, 3.8) is 0 Å². The minimum atomic E-state index is -0.274. The summed E-state index contributed by atoms with van der Waals surface area (Å²) in [6, 6.07) is 8.16. The highest BCUT2D eigenvalue weighted by atomic mass is 16.2. The van der Waals surface area contributed by atoms with E-state index in [0.717, 1.165) is 10.9 Å². The van der Waals surface area contributed by atoms with Crippen LogP contribution in [0.25, 0.3) is 10.9 Å². The summed E-state index contributed by atoms with van der Waals surface area (Å²) in [7, 11) is 1.55. The number of fused-ring (bicyclic) bond motifs is 1. The van der Waals surface area contributed by atoms with E-state index in [9.17, 15) is 9.59 Å². The van der Waals surface area contributed by atoms with Gasteiger partial charge in [-0.05, 0) is 24.3 Å². The number of hydrogen-bond donors (Lipinski definition) is 3. The fraction of sp³-hybridized carbons (Fsp3) is 0.0909. The van der Waals surface area contributed by atoms with Crippen LogP contribution in [0.15, 0.2) is 35.1 Å². The van der Waals surface area contributed by atoms with Gasteiger partial charge < -0.3 is 15.6 Å². The molecular weight excluding hydrogens is 206 g/mol. The minimum absolute atomic E-state index is 0.139. The van der Waals surface area contributed by atoms with Crippen molar-refractivity contribution in [3.05, 3.63) is 40.7 Å². The molecule has 2 aromatic rings. The largest absolute Gasteiger partial charge is 0.341 e. The fourth-order valence-corrected chi connectivity index (χ4v) is 1.43. The Labute approximate surface area is 91.5 Å². The van der Waals surface area contributed by atoms with Crippen LogP contribution >= 0.6 is 0 Å². The normalized spacial score (nSPS) is 10.1. The third-order valence-corrected chi connectivity index (χ3v) is 2.21. The summed E-state index contributed by atoms with van der Waals surface area (Å²) in [5, 5.41) is 5.99. The van der Waals surface area contributed by atoms with Gasteiger partial charge in [0.1, 0.15) is 0 Å². The predicted octanol–water partition coefficient (Wildman–Crippen LogP) is 1.28. The molecule has 2 amide bonds. The van der Waals surface area contributed by atoms with Crippen molar-refractivity contribution < 1.29 is 4.79 Å². The lowest BCUT2D eigenvalue weighted by Gasteiger charge is -2.05. The van der Waals surface area contributed by atoms with Crippen molar-refractivity contribution in [1.82, 2.24) is 10.3 Å². The van der Waals surface area contributed by atoms with Crippen molar-refractivity contribution in [1.29, 1.82) is 0 Å². The summed E-state index contributed by atoms with van der Waals surface area (Å²) >= 11 is 0. The van der Waals surface area contributed by atoms with E-state index in [4.69, 9.17) is 0 Å². The van der Waals surface area contributed by atoms with Gasteiger partial charge in [0, 0.05) is 29.7 Å². The number of benzene rings is 1. The Morgan fingerprint density at radius 3 is 2.81 bits per heavy atom. The van der Waals surface area contributed by atoms with E-state index in [0.29, 0.717) is 5.69 Å². The van der Waals surface area contributed by atoms with Gasteiger partial charge in [-0.2, -0.15) is 0 Å². The second-order valence-corrected chi connectivity index (χ2v) is 3.33. The van der Waals surface area contributed by atoms with Gasteiger partial charge in [0.05, 0.1) is 0 Å². The SMILES string of the molecule is CNC(=O)Nc1ccc2[nH]c(=O)ccc2c1. The predicted molar refractivity (Wildman–Crippen MR) is 62.6 cm³/mol. The van der Waals surface area contributed by atoms with Crippen LogP contribution in [0.2, 0.25) is 0 Å². The maximum absolute atomic E-state index is 11.1. The zero-order chi connectivity index (χ0) is 11.5. The molecule has 0 unspecified atom stereocenters. The lowest BCUT2D eigenvalue weighted by molar-refractivity contribution is 0.254. The van der Waals surface area contributed by atoms with Gasteiger partial charge in [-0.3, -0.25) is 4.79 Å². The Balaban J connectivity index is 2.40. The number of aromatic amines is 1. The summed E-state index contributed by atoms with van der Waals surface area (Å²) in [6.45, 7) is 0. The van der Waals surface area contributed by atoms with Crippen LogP contribution in [0, 0.1) is 0 Å².